The summed E-state index contributed by atoms with van der Waals surface area (Å²) < 4.78 is 0. The normalized spacial score (nSPS) is 13.7. The van der Waals surface area contributed by atoms with Gasteiger partial charge in [0.1, 0.15) is 0 Å². The van der Waals surface area contributed by atoms with E-state index in [-0.39, 0.29) is 17.7 Å². The lowest BCUT2D eigenvalue weighted by atomic mass is 9.96. The van der Waals surface area contributed by atoms with Crippen molar-refractivity contribution in [1.82, 2.24) is 10.2 Å². The van der Waals surface area contributed by atoms with Crippen LogP contribution in [0.2, 0.25) is 0 Å². The third-order valence-corrected chi connectivity index (χ3v) is 3.59. The third kappa shape index (κ3) is 7.15. The Hall–Kier alpha value is -1.10. The molecule has 0 saturated heterocycles. The van der Waals surface area contributed by atoms with Crippen molar-refractivity contribution in [2.24, 2.45) is 17.6 Å². The van der Waals surface area contributed by atoms with Gasteiger partial charge in [-0.15, -0.1) is 0 Å². The van der Waals surface area contributed by atoms with Crippen LogP contribution in [0.4, 0.5) is 0 Å². The lowest BCUT2D eigenvalue weighted by molar-refractivity contribution is -0.132. The Kier molecular flexibility index (Phi) is 9.21. The van der Waals surface area contributed by atoms with Crippen LogP contribution in [0.1, 0.15) is 39.5 Å². The van der Waals surface area contributed by atoms with Crippen LogP contribution >= 0.6 is 0 Å². The lowest BCUT2D eigenvalue weighted by Crippen LogP contribution is -2.37. The summed E-state index contributed by atoms with van der Waals surface area (Å²) in [4.78, 5) is 25.0. The molecular weight excluding hydrogens is 242 g/mol. The summed E-state index contributed by atoms with van der Waals surface area (Å²) in [5.74, 6) is 0.420. The van der Waals surface area contributed by atoms with Crippen molar-refractivity contribution in [3.8, 4) is 0 Å². The molecule has 5 heteroatoms. The molecule has 3 N–H and O–H groups in total. The van der Waals surface area contributed by atoms with Crippen molar-refractivity contribution in [2.75, 3.05) is 27.2 Å². The van der Waals surface area contributed by atoms with Gasteiger partial charge in [0.05, 0.1) is 5.92 Å². The van der Waals surface area contributed by atoms with Gasteiger partial charge in [0.15, 0.2) is 0 Å². The van der Waals surface area contributed by atoms with Crippen LogP contribution in [0.25, 0.3) is 0 Å². The van der Waals surface area contributed by atoms with Gasteiger partial charge in [0.25, 0.3) is 0 Å². The number of carbonyl (C=O) groups excluding carboxylic acids is 2. The van der Waals surface area contributed by atoms with Crippen LogP contribution < -0.4 is 11.1 Å². The molecule has 5 nitrogen and oxygen atoms in total. The van der Waals surface area contributed by atoms with E-state index >= 15 is 0 Å². The van der Waals surface area contributed by atoms with Crippen LogP contribution in [-0.2, 0) is 9.59 Å². The van der Waals surface area contributed by atoms with Crippen LogP contribution in [0.5, 0.6) is 0 Å². The predicted molar refractivity (Wildman–Crippen MR) is 77.6 cm³/mol. The number of hydrogen-bond acceptors (Lipinski definition) is 3. The lowest BCUT2D eigenvalue weighted by Gasteiger charge is -2.22. The molecule has 0 rings (SSSR count). The fourth-order valence-corrected chi connectivity index (χ4v) is 2.15. The van der Waals surface area contributed by atoms with Gasteiger partial charge in [0, 0.05) is 27.1 Å². The first-order valence-electron chi connectivity index (χ1n) is 7.11. The Morgan fingerprint density at radius 3 is 2.42 bits per heavy atom. The molecule has 0 saturated carbocycles. The van der Waals surface area contributed by atoms with E-state index in [0.717, 1.165) is 19.3 Å². The molecule has 0 aliphatic rings. The van der Waals surface area contributed by atoms with Crippen molar-refractivity contribution >= 4 is 11.8 Å². The Morgan fingerprint density at radius 1 is 1.32 bits per heavy atom. The number of nitrogens with zero attached hydrogens (tertiary/aromatic N) is 1. The molecule has 0 radical (unpaired) electrons. The van der Waals surface area contributed by atoms with Crippen LogP contribution in [-0.4, -0.2) is 43.9 Å². The summed E-state index contributed by atoms with van der Waals surface area (Å²) in [5.41, 5.74) is 5.55. The molecule has 0 heterocycles. The molecule has 0 aromatic rings. The highest BCUT2D eigenvalue weighted by Gasteiger charge is 2.18. The first-order chi connectivity index (χ1) is 8.96. The third-order valence-electron chi connectivity index (χ3n) is 3.59. The first-order valence-corrected chi connectivity index (χ1v) is 7.11. The number of nitrogens with one attached hydrogen (secondary N) is 1. The maximum absolute atomic E-state index is 12.0. The van der Waals surface area contributed by atoms with Crippen molar-refractivity contribution in [3.63, 3.8) is 0 Å². The monoisotopic (exact) mass is 271 g/mol. The molecule has 19 heavy (non-hydrogen) atoms. The minimum absolute atomic E-state index is 0.0331. The average Bonchev–Trinajstić information content (AvgIpc) is 2.41. The van der Waals surface area contributed by atoms with E-state index < -0.39 is 0 Å². The van der Waals surface area contributed by atoms with E-state index in [4.69, 9.17) is 5.73 Å². The quantitative estimate of drug-likeness (QED) is 0.656. The van der Waals surface area contributed by atoms with Crippen molar-refractivity contribution in [2.45, 2.75) is 39.5 Å². The zero-order valence-electron chi connectivity index (χ0n) is 12.7. The van der Waals surface area contributed by atoms with Gasteiger partial charge >= 0.3 is 0 Å². The molecule has 2 amide bonds. The molecule has 0 spiro atoms. The highest BCUT2D eigenvalue weighted by atomic mass is 16.2. The smallest absolute Gasteiger partial charge is 0.224 e. The SMILES string of the molecule is CCC(CCN)CCC(=O)N(C)CC(C)C(=O)NC. The van der Waals surface area contributed by atoms with Gasteiger partial charge in [-0.25, -0.2) is 0 Å². The van der Waals surface area contributed by atoms with Gasteiger partial charge in [-0.05, 0) is 25.3 Å². The maximum atomic E-state index is 12.0. The molecular formula is C14H29N3O2. The Balaban J connectivity index is 4.09. The highest BCUT2D eigenvalue weighted by molar-refractivity contribution is 5.80. The van der Waals surface area contributed by atoms with Crippen LogP contribution in [0.15, 0.2) is 0 Å². The van der Waals surface area contributed by atoms with Gasteiger partial charge < -0.3 is 16.0 Å². The van der Waals surface area contributed by atoms with Crippen LogP contribution in [0.3, 0.4) is 0 Å². The standard InChI is InChI=1S/C14H29N3O2/c1-5-12(8-9-15)6-7-13(18)17(4)10-11(2)14(19)16-3/h11-12H,5-10,15H2,1-4H3,(H,16,19). The fourth-order valence-electron chi connectivity index (χ4n) is 2.15. The molecule has 2 atom stereocenters. The highest BCUT2D eigenvalue weighted by Crippen LogP contribution is 2.15. The maximum Gasteiger partial charge on any atom is 0.224 e. The number of nitrogens with two attached hydrogens (primary N) is 1. The summed E-state index contributed by atoms with van der Waals surface area (Å²) in [6.07, 6.45) is 3.45. The summed E-state index contributed by atoms with van der Waals surface area (Å²) in [7, 11) is 3.37. The molecule has 0 bridgehead atoms. The number of amides is 2. The molecule has 0 aliphatic heterocycles. The van der Waals surface area contributed by atoms with Crippen molar-refractivity contribution in [1.29, 1.82) is 0 Å². The fraction of sp³-hybridized carbons (Fsp3) is 0.857. The summed E-state index contributed by atoms with van der Waals surface area (Å²) in [6, 6.07) is 0. The van der Waals surface area contributed by atoms with E-state index in [2.05, 4.69) is 12.2 Å². The topological polar surface area (TPSA) is 75.4 Å². The largest absolute Gasteiger partial charge is 0.359 e. The second-order valence-electron chi connectivity index (χ2n) is 5.18. The van der Waals surface area contributed by atoms with Crippen molar-refractivity contribution in [3.05, 3.63) is 0 Å². The van der Waals surface area contributed by atoms with Gasteiger partial charge in [-0.1, -0.05) is 20.3 Å². The van der Waals surface area contributed by atoms with E-state index in [9.17, 15) is 9.59 Å². The van der Waals surface area contributed by atoms with Gasteiger partial charge in [-0.2, -0.15) is 0 Å². The van der Waals surface area contributed by atoms with Gasteiger partial charge in [0.2, 0.25) is 11.8 Å². The summed E-state index contributed by atoms with van der Waals surface area (Å²) in [6.45, 7) is 5.09. The average molecular weight is 271 g/mol. The predicted octanol–water partition coefficient (Wildman–Crippen LogP) is 0.982. The molecule has 0 aromatic carbocycles. The number of hydrogen-bond donors (Lipinski definition) is 2. The number of rotatable bonds is 9. The minimum Gasteiger partial charge on any atom is -0.359 e. The zero-order chi connectivity index (χ0) is 14.8. The van der Waals surface area contributed by atoms with E-state index in [1.54, 1.807) is 19.0 Å². The zero-order valence-corrected chi connectivity index (χ0v) is 12.7. The Morgan fingerprint density at radius 2 is 1.95 bits per heavy atom. The molecule has 0 aliphatic carbocycles. The molecule has 2 unspecified atom stereocenters. The second kappa shape index (κ2) is 9.78. The summed E-state index contributed by atoms with van der Waals surface area (Å²) in [5, 5.41) is 2.59. The molecule has 0 aromatic heterocycles. The van der Waals surface area contributed by atoms with E-state index in [0.29, 0.717) is 25.4 Å². The first kappa shape index (κ1) is 17.9. The Bertz CT molecular complexity index is 282. The van der Waals surface area contributed by atoms with E-state index in [1.807, 2.05) is 6.92 Å². The van der Waals surface area contributed by atoms with E-state index in [1.165, 1.54) is 0 Å². The molecule has 0 fully saturated rings. The molecule has 112 valence electrons. The Labute approximate surface area is 116 Å². The second-order valence-corrected chi connectivity index (χ2v) is 5.18. The van der Waals surface area contributed by atoms with Gasteiger partial charge in [-0.3, -0.25) is 9.59 Å². The minimum atomic E-state index is -0.176. The summed E-state index contributed by atoms with van der Waals surface area (Å²) >= 11 is 0. The van der Waals surface area contributed by atoms with Crippen LogP contribution in [0, 0.1) is 11.8 Å². The number of carbonyl (C=O) groups is 2. The van der Waals surface area contributed by atoms with Crippen molar-refractivity contribution < 1.29 is 9.59 Å².